The highest BCUT2D eigenvalue weighted by Gasteiger charge is 2.07. The topological polar surface area (TPSA) is 90.6 Å². The summed E-state index contributed by atoms with van der Waals surface area (Å²) in [6.07, 6.45) is 1.54. The van der Waals surface area contributed by atoms with Crippen molar-refractivity contribution in [1.29, 1.82) is 0 Å². The number of ether oxygens (including phenoxy) is 2. The lowest BCUT2D eigenvalue weighted by Gasteiger charge is -2.09. The number of rotatable bonds is 6. The number of benzene rings is 2. The number of aromatic nitrogens is 4. The second-order valence-corrected chi connectivity index (χ2v) is 5.95. The number of carbonyl (C=O) groups is 1. The third-order valence-corrected chi connectivity index (χ3v) is 4.03. The van der Waals surface area contributed by atoms with Gasteiger partial charge in [0.2, 0.25) is 0 Å². The molecule has 0 aliphatic rings. The highest BCUT2D eigenvalue weighted by molar-refractivity contribution is 5.92. The van der Waals surface area contributed by atoms with E-state index in [1.807, 2.05) is 36.4 Å². The third kappa shape index (κ3) is 3.90. The van der Waals surface area contributed by atoms with Crippen molar-refractivity contribution in [2.24, 2.45) is 0 Å². The van der Waals surface area contributed by atoms with Crippen LogP contribution in [0.25, 0.3) is 16.9 Å². The molecule has 0 spiro atoms. The summed E-state index contributed by atoms with van der Waals surface area (Å²) in [5.41, 5.74) is 2.94. The molecule has 0 aliphatic carbocycles. The van der Waals surface area contributed by atoms with Crippen molar-refractivity contribution in [2.75, 3.05) is 19.0 Å². The second-order valence-electron chi connectivity index (χ2n) is 5.95. The first-order valence-corrected chi connectivity index (χ1v) is 8.55. The molecule has 0 saturated carbocycles. The molecule has 1 N–H and O–H groups in total. The van der Waals surface area contributed by atoms with E-state index >= 15 is 0 Å². The Bertz CT molecular complexity index is 1110. The molecular formula is C20H17N5O3. The Balaban J connectivity index is 1.41. The zero-order chi connectivity index (χ0) is 19.3. The predicted molar refractivity (Wildman–Crippen MR) is 103 cm³/mol. The van der Waals surface area contributed by atoms with Gasteiger partial charge in [0, 0.05) is 11.3 Å². The summed E-state index contributed by atoms with van der Waals surface area (Å²) in [5, 5.41) is 15.0. The Kier molecular flexibility index (Phi) is 4.83. The molecule has 4 rings (SSSR count). The standard InChI is InChI=1S/C20H17N5O3/c1-27-16-5-7-17(8-6-16)28-12-20(26)22-15-4-2-3-14(11-15)18-9-10-19-23-21-13-25(19)24-18/h2-11,13H,12H2,1H3,(H,22,26). The molecule has 1 amide bonds. The Labute approximate surface area is 160 Å². The molecule has 4 aromatic rings. The lowest BCUT2D eigenvalue weighted by molar-refractivity contribution is -0.118. The van der Waals surface area contributed by atoms with Crippen LogP contribution in [-0.2, 0) is 4.79 Å². The summed E-state index contributed by atoms with van der Waals surface area (Å²) in [4.78, 5) is 12.2. The Morgan fingerprint density at radius 3 is 2.71 bits per heavy atom. The summed E-state index contributed by atoms with van der Waals surface area (Å²) in [7, 11) is 1.59. The van der Waals surface area contributed by atoms with E-state index in [9.17, 15) is 4.79 Å². The van der Waals surface area contributed by atoms with Crippen LogP contribution >= 0.6 is 0 Å². The number of carbonyl (C=O) groups excluding carboxylic acids is 1. The molecule has 2 aromatic heterocycles. The SMILES string of the molecule is COc1ccc(OCC(=O)Nc2cccc(-c3ccc4nncn4n3)c2)cc1. The molecule has 0 bridgehead atoms. The summed E-state index contributed by atoms with van der Waals surface area (Å²) in [6.45, 7) is -0.0958. The van der Waals surface area contributed by atoms with Gasteiger partial charge in [-0.25, -0.2) is 0 Å². The molecular weight excluding hydrogens is 358 g/mol. The van der Waals surface area contributed by atoms with E-state index in [0.29, 0.717) is 17.1 Å². The minimum atomic E-state index is -0.254. The first-order valence-electron chi connectivity index (χ1n) is 8.55. The minimum Gasteiger partial charge on any atom is -0.497 e. The summed E-state index contributed by atoms with van der Waals surface area (Å²) >= 11 is 0. The van der Waals surface area contributed by atoms with Crippen LogP contribution < -0.4 is 14.8 Å². The molecule has 28 heavy (non-hydrogen) atoms. The Morgan fingerprint density at radius 2 is 1.89 bits per heavy atom. The van der Waals surface area contributed by atoms with Crippen molar-refractivity contribution in [2.45, 2.75) is 0 Å². The molecule has 0 unspecified atom stereocenters. The number of amides is 1. The normalized spacial score (nSPS) is 10.6. The molecule has 0 fully saturated rings. The second kappa shape index (κ2) is 7.75. The lowest BCUT2D eigenvalue weighted by Crippen LogP contribution is -2.20. The molecule has 2 aromatic carbocycles. The largest absolute Gasteiger partial charge is 0.497 e. The highest BCUT2D eigenvalue weighted by atomic mass is 16.5. The van der Waals surface area contributed by atoms with Crippen molar-refractivity contribution >= 4 is 17.2 Å². The van der Waals surface area contributed by atoms with Gasteiger partial charge in [0.1, 0.15) is 17.8 Å². The number of hydrogen-bond donors (Lipinski definition) is 1. The van der Waals surface area contributed by atoms with Gasteiger partial charge in [0.15, 0.2) is 12.3 Å². The molecule has 0 atom stereocenters. The van der Waals surface area contributed by atoms with Gasteiger partial charge in [0.25, 0.3) is 5.91 Å². The summed E-state index contributed by atoms with van der Waals surface area (Å²) in [5.74, 6) is 1.07. The van der Waals surface area contributed by atoms with E-state index in [0.717, 1.165) is 17.0 Å². The maximum atomic E-state index is 12.2. The van der Waals surface area contributed by atoms with Gasteiger partial charge in [-0.1, -0.05) is 12.1 Å². The smallest absolute Gasteiger partial charge is 0.262 e. The minimum absolute atomic E-state index is 0.0958. The quantitative estimate of drug-likeness (QED) is 0.557. The van der Waals surface area contributed by atoms with Crippen molar-refractivity contribution in [3.63, 3.8) is 0 Å². The number of hydrogen-bond acceptors (Lipinski definition) is 6. The zero-order valence-corrected chi connectivity index (χ0v) is 15.1. The molecule has 2 heterocycles. The van der Waals surface area contributed by atoms with Crippen molar-refractivity contribution in [3.05, 3.63) is 67.0 Å². The maximum Gasteiger partial charge on any atom is 0.262 e. The van der Waals surface area contributed by atoms with E-state index < -0.39 is 0 Å². The predicted octanol–water partition coefficient (Wildman–Crippen LogP) is 2.82. The number of nitrogens with zero attached hydrogens (tertiary/aromatic N) is 4. The van der Waals surface area contributed by atoms with Crippen molar-refractivity contribution in [3.8, 4) is 22.8 Å². The first kappa shape index (κ1) is 17.5. The van der Waals surface area contributed by atoms with Crippen LogP contribution in [0.2, 0.25) is 0 Å². The Hall–Kier alpha value is -3.94. The zero-order valence-electron chi connectivity index (χ0n) is 15.1. The van der Waals surface area contributed by atoms with Gasteiger partial charge in [-0.05, 0) is 48.5 Å². The van der Waals surface area contributed by atoms with Crippen molar-refractivity contribution < 1.29 is 14.3 Å². The molecule has 140 valence electrons. The van der Waals surface area contributed by atoms with Gasteiger partial charge in [-0.2, -0.15) is 9.61 Å². The van der Waals surface area contributed by atoms with Crippen LogP contribution in [0.5, 0.6) is 11.5 Å². The fourth-order valence-electron chi connectivity index (χ4n) is 2.66. The van der Waals surface area contributed by atoms with E-state index in [1.54, 1.807) is 42.2 Å². The van der Waals surface area contributed by atoms with Gasteiger partial charge < -0.3 is 14.8 Å². The number of nitrogens with one attached hydrogen (secondary N) is 1. The van der Waals surface area contributed by atoms with Gasteiger partial charge in [-0.15, -0.1) is 10.2 Å². The molecule has 0 saturated heterocycles. The van der Waals surface area contributed by atoms with Gasteiger partial charge in [-0.3, -0.25) is 4.79 Å². The summed E-state index contributed by atoms with van der Waals surface area (Å²) < 4.78 is 12.2. The van der Waals surface area contributed by atoms with E-state index in [2.05, 4.69) is 20.6 Å². The van der Waals surface area contributed by atoms with Crippen LogP contribution in [0.3, 0.4) is 0 Å². The molecule has 8 nitrogen and oxygen atoms in total. The van der Waals surface area contributed by atoms with E-state index in [-0.39, 0.29) is 12.5 Å². The monoisotopic (exact) mass is 375 g/mol. The van der Waals surface area contributed by atoms with E-state index in [1.165, 1.54) is 0 Å². The van der Waals surface area contributed by atoms with Crippen molar-refractivity contribution in [1.82, 2.24) is 19.8 Å². The van der Waals surface area contributed by atoms with Crippen LogP contribution in [-0.4, -0.2) is 39.4 Å². The maximum absolute atomic E-state index is 12.2. The van der Waals surface area contributed by atoms with Gasteiger partial charge in [0.05, 0.1) is 12.8 Å². The van der Waals surface area contributed by atoms with Crippen LogP contribution in [0, 0.1) is 0 Å². The van der Waals surface area contributed by atoms with Gasteiger partial charge >= 0.3 is 0 Å². The fourth-order valence-corrected chi connectivity index (χ4v) is 2.66. The lowest BCUT2D eigenvalue weighted by atomic mass is 10.1. The number of fused-ring (bicyclic) bond motifs is 1. The number of methoxy groups -OCH3 is 1. The molecule has 0 aliphatic heterocycles. The van der Waals surface area contributed by atoms with E-state index in [4.69, 9.17) is 9.47 Å². The Morgan fingerprint density at radius 1 is 1.07 bits per heavy atom. The van der Waals surface area contributed by atoms with Crippen LogP contribution in [0.4, 0.5) is 5.69 Å². The number of anilines is 1. The molecule has 0 radical (unpaired) electrons. The fraction of sp³-hybridized carbons (Fsp3) is 0.100. The average molecular weight is 375 g/mol. The van der Waals surface area contributed by atoms with Crippen LogP contribution in [0.15, 0.2) is 67.0 Å². The summed E-state index contributed by atoms with van der Waals surface area (Å²) in [6, 6.07) is 18.2. The average Bonchev–Trinajstić information content (AvgIpc) is 3.21. The third-order valence-electron chi connectivity index (χ3n) is 4.03. The molecule has 8 heteroatoms. The highest BCUT2D eigenvalue weighted by Crippen LogP contribution is 2.21. The van der Waals surface area contributed by atoms with Crippen LogP contribution in [0.1, 0.15) is 0 Å². The first-order chi connectivity index (χ1) is 13.7.